The summed E-state index contributed by atoms with van der Waals surface area (Å²) in [6.45, 7) is 6.20. The van der Waals surface area contributed by atoms with Crippen LogP contribution in [0.2, 0.25) is 0 Å². The summed E-state index contributed by atoms with van der Waals surface area (Å²) in [5.74, 6) is 0. The van der Waals surface area contributed by atoms with E-state index >= 15 is 0 Å². The molecule has 0 bridgehead atoms. The van der Waals surface area contributed by atoms with Gasteiger partial charge in [-0.05, 0) is 6.42 Å². The molecule has 2 heterocycles. The first-order valence-electron chi connectivity index (χ1n) is 4.37. The number of nitrogens with zero attached hydrogens (tertiary/aromatic N) is 1. The SMILES string of the molecule is C1CN(CC[C@@H]2CO2)CCO1. The van der Waals surface area contributed by atoms with Crippen LogP contribution in [0.3, 0.4) is 0 Å². The summed E-state index contributed by atoms with van der Waals surface area (Å²) >= 11 is 0. The molecule has 2 aliphatic heterocycles. The quantitative estimate of drug-likeness (QED) is 0.543. The van der Waals surface area contributed by atoms with Gasteiger partial charge in [-0.1, -0.05) is 0 Å². The molecule has 2 saturated heterocycles. The van der Waals surface area contributed by atoms with Crippen molar-refractivity contribution in [1.82, 2.24) is 4.90 Å². The molecule has 3 nitrogen and oxygen atoms in total. The first-order chi connectivity index (χ1) is 5.45. The molecular weight excluding hydrogens is 142 g/mol. The summed E-state index contributed by atoms with van der Waals surface area (Å²) in [7, 11) is 0. The van der Waals surface area contributed by atoms with E-state index in [9.17, 15) is 0 Å². The molecule has 0 spiro atoms. The van der Waals surface area contributed by atoms with Crippen LogP contribution in [0.1, 0.15) is 6.42 Å². The van der Waals surface area contributed by atoms with Gasteiger partial charge in [0.05, 0.1) is 25.9 Å². The molecule has 0 saturated carbocycles. The Morgan fingerprint density at radius 3 is 2.64 bits per heavy atom. The zero-order valence-electron chi connectivity index (χ0n) is 6.79. The lowest BCUT2D eigenvalue weighted by Gasteiger charge is -2.26. The van der Waals surface area contributed by atoms with Gasteiger partial charge in [0.2, 0.25) is 0 Å². The third kappa shape index (κ3) is 2.43. The molecule has 0 unspecified atom stereocenters. The van der Waals surface area contributed by atoms with Crippen molar-refractivity contribution in [3.8, 4) is 0 Å². The van der Waals surface area contributed by atoms with Gasteiger partial charge in [-0.2, -0.15) is 0 Å². The lowest BCUT2D eigenvalue weighted by atomic mass is 10.3. The molecule has 0 aliphatic carbocycles. The third-order valence-corrected chi connectivity index (χ3v) is 2.27. The zero-order valence-corrected chi connectivity index (χ0v) is 6.79. The maximum atomic E-state index is 5.25. The van der Waals surface area contributed by atoms with Crippen molar-refractivity contribution in [2.75, 3.05) is 39.5 Å². The highest BCUT2D eigenvalue weighted by Gasteiger charge is 2.23. The van der Waals surface area contributed by atoms with Crippen LogP contribution in [0.25, 0.3) is 0 Å². The molecule has 64 valence electrons. The zero-order chi connectivity index (χ0) is 7.52. The molecule has 2 rings (SSSR count). The number of rotatable bonds is 3. The Labute approximate surface area is 67.3 Å². The Kier molecular flexibility index (Phi) is 2.41. The molecule has 0 N–H and O–H groups in total. The van der Waals surface area contributed by atoms with Gasteiger partial charge in [-0.25, -0.2) is 0 Å². The lowest BCUT2D eigenvalue weighted by molar-refractivity contribution is 0.0365. The fraction of sp³-hybridized carbons (Fsp3) is 1.00. The molecule has 0 aromatic heterocycles. The average Bonchev–Trinajstić information content (AvgIpc) is 2.86. The van der Waals surface area contributed by atoms with Crippen molar-refractivity contribution in [3.05, 3.63) is 0 Å². The lowest BCUT2D eigenvalue weighted by Crippen LogP contribution is -2.37. The summed E-state index contributed by atoms with van der Waals surface area (Å²) in [5, 5.41) is 0. The van der Waals surface area contributed by atoms with E-state index in [4.69, 9.17) is 9.47 Å². The number of hydrogen-bond acceptors (Lipinski definition) is 3. The molecule has 0 aromatic rings. The Morgan fingerprint density at radius 2 is 2.00 bits per heavy atom. The molecule has 0 amide bonds. The minimum absolute atomic E-state index is 0.581. The summed E-state index contributed by atoms with van der Waals surface area (Å²) in [6, 6.07) is 0. The van der Waals surface area contributed by atoms with Crippen molar-refractivity contribution < 1.29 is 9.47 Å². The van der Waals surface area contributed by atoms with E-state index in [2.05, 4.69) is 4.90 Å². The number of morpholine rings is 1. The van der Waals surface area contributed by atoms with Crippen LogP contribution >= 0.6 is 0 Å². The van der Waals surface area contributed by atoms with E-state index in [1.165, 1.54) is 13.0 Å². The molecule has 0 aromatic carbocycles. The third-order valence-electron chi connectivity index (χ3n) is 2.27. The Bertz CT molecular complexity index is 119. The number of epoxide rings is 1. The standard InChI is InChI=1S/C8H15NO2/c1(8-7-11-8)2-9-3-5-10-6-4-9/h8H,1-7H2/t8-/m1/s1. The smallest absolute Gasteiger partial charge is 0.0822 e. The van der Waals surface area contributed by atoms with Crippen LogP contribution < -0.4 is 0 Å². The Morgan fingerprint density at radius 1 is 1.27 bits per heavy atom. The highest BCUT2D eigenvalue weighted by atomic mass is 16.6. The Hall–Kier alpha value is -0.120. The number of hydrogen-bond donors (Lipinski definition) is 0. The summed E-state index contributed by atoms with van der Waals surface area (Å²) < 4.78 is 10.4. The van der Waals surface area contributed by atoms with Gasteiger partial charge in [0.1, 0.15) is 0 Å². The first-order valence-corrected chi connectivity index (χ1v) is 4.37. The second-order valence-corrected chi connectivity index (χ2v) is 3.20. The van der Waals surface area contributed by atoms with Crippen LogP contribution in [0.15, 0.2) is 0 Å². The minimum Gasteiger partial charge on any atom is -0.379 e. The van der Waals surface area contributed by atoms with Gasteiger partial charge in [-0.15, -0.1) is 0 Å². The van der Waals surface area contributed by atoms with Gasteiger partial charge in [0.15, 0.2) is 0 Å². The van der Waals surface area contributed by atoms with Gasteiger partial charge in [0.25, 0.3) is 0 Å². The normalized spacial score (nSPS) is 32.2. The molecule has 0 radical (unpaired) electrons. The van der Waals surface area contributed by atoms with Crippen molar-refractivity contribution in [3.63, 3.8) is 0 Å². The van der Waals surface area contributed by atoms with Gasteiger partial charge in [-0.3, -0.25) is 4.90 Å². The van der Waals surface area contributed by atoms with E-state index in [1.54, 1.807) is 0 Å². The Balaban J connectivity index is 1.59. The molecule has 2 aliphatic rings. The molecule has 3 heteroatoms. The van der Waals surface area contributed by atoms with E-state index in [0.717, 1.165) is 32.9 Å². The maximum absolute atomic E-state index is 5.25. The van der Waals surface area contributed by atoms with Crippen LogP contribution in [0, 0.1) is 0 Å². The van der Waals surface area contributed by atoms with Gasteiger partial charge < -0.3 is 9.47 Å². The van der Waals surface area contributed by atoms with Crippen molar-refractivity contribution in [2.45, 2.75) is 12.5 Å². The predicted octanol–water partition coefficient (Wildman–Crippen LogP) is 0.107. The monoisotopic (exact) mass is 157 g/mol. The predicted molar refractivity (Wildman–Crippen MR) is 41.6 cm³/mol. The second kappa shape index (κ2) is 3.52. The highest BCUT2D eigenvalue weighted by molar-refractivity contribution is 4.72. The van der Waals surface area contributed by atoms with Crippen LogP contribution in [-0.2, 0) is 9.47 Å². The average molecular weight is 157 g/mol. The van der Waals surface area contributed by atoms with Gasteiger partial charge >= 0.3 is 0 Å². The van der Waals surface area contributed by atoms with E-state index in [1.807, 2.05) is 0 Å². The fourth-order valence-electron chi connectivity index (χ4n) is 1.39. The van der Waals surface area contributed by atoms with Crippen LogP contribution in [-0.4, -0.2) is 50.5 Å². The molecule has 11 heavy (non-hydrogen) atoms. The largest absolute Gasteiger partial charge is 0.379 e. The maximum Gasteiger partial charge on any atom is 0.0822 e. The summed E-state index contributed by atoms with van der Waals surface area (Å²) in [5.41, 5.74) is 0. The minimum atomic E-state index is 0.581. The first kappa shape index (κ1) is 7.53. The topological polar surface area (TPSA) is 25.0 Å². The summed E-state index contributed by atoms with van der Waals surface area (Å²) in [6.07, 6.45) is 1.79. The molecular formula is C8H15NO2. The van der Waals surface area contributed by atoms with Crippen molar-refractivity contribution in [1.29, 1.82) is 0 Å². The van der Waals surface area contributed by atoms with Gasteiger partial charge in [0, 0.05) is 19.6 Å². The number of ether oxygens (including phenoxy) is 2. The summed E-state index contributed by atoms with van der Waals surface area (Å²) in [4.78, 5) is 2.45. The van der Waals surface area contributed by atoms with Crippen molar-refractivity contribution in [2.24, 2.45) is 0 Å². The van der Waals surface area contributed by atoms with Crippen molar-refractivity contribution >= 4 is 0 Å². The molecule has 2 fully saturated rings. The van der Waals surface area contributed by atoms with E-state index in [-0.39, 0.29) is 0 Å². The van der Waals surface area contributed by atoms with Crippen LogP contribution in [0.4, 0.5) is 0 Å². The van der Waals surface area contributed by atoms with E-state index in [0.29, 0.717) is 6.10 Å². The van der Waals surface area contributed by atoms with E-state index < -0.39 is 0 Å². The second-order valence-electron chi connectivity index (χ2n) is 3.20. The van der Waals surface area contributed by atoms with Crippen LogP contribution in [0.5, 0.6) is 0 Å². The highest BCUT2D eigenvalue weighted by Crippen LogP contribution is 2.14. The fourth-order valence-corrected chi connectivity index (χ4v) is 1.39. The molecule has 1 atom stereocenters.